The first-order valence-corrected chi connectivity index (χ1v) is 9.44. The van der Waals surface area contributed by atoms with E-state index in [0.29, 0.717) is 32.5 Å². The van der Waals surface area contributed by atoms with Crippen LogP contribution < -0.4 is 0 Å². The number of nitrogens with zero attached hydrogens (tertiary/aromatic N) is 2. The molecule has 1 saturated heterocycles. The number of carbonyl (C=O) groups excluding carboxylic acids is 2. The molecule has 0 bridgehead atoms. The van der Waals surface area contributed by atoms with Crippen LogP contribution in [0.2, 0.25) is 0 Å². The monoisotopic (exact) mass is 346 g/mol. The number of rotatable bonds is 4. The Balaban J connectivity index is 1.48. The maximum absolute atomic E-state index is 13.2. The van der Waals surface area contributed by atoms with Gasteiger partial charge in [-0.3, -0.25) is 9.59 Å². The van der Waals surface area contributed by atoms with Crippen LogP contribution in [-0.2, 0) is 16.0 Å². The molecule has 1 aromatic carbocycles. The lowest BCUT2D eigenvalue weighted by Gasteiger charge is -2.24. The van der Waals surface area contributed by atoms with Crippen molar-refractivity contribution in [1.29, 1.82) is 0 Å². The Morgan fingerprint density at radius 3 is 2.48 bits per heavy atom. The molecule has 4 nitrogen and oxygen atoms in total. The van der Waals surface area contributed by atoms with Crippen LogP contribution in [0.25, 0.3) is 0 Å². The first-order valence-electron chi connectivity index (χ1n) is 9.44. The summed E-state index contributed by atoms with van der Waals surface area (Å²) in [5.41, 5.74) is 0.848. The molecule has 0 unspecified atom stereocenters. The van der Waals surface area contributed by atoms with Crippen LogP contribution in [0.3, 0.4) is 0 Å². The average molecular weight is 346 g/mol. The SMILES string of the molecule is O=C(CCc1cccc(F)c1)N1CCCN(C(=O)C2CCCC2)CC1. The summed E-state index contributed by atoms with van der Waals surface area (Å²) < 4.78 is 13.2. The van der Waals surface area contributed by atoms with Gasteiger partial charge in [0.15, 0.2) is 0 Å². The lowest BCUT2D eigenvalue weighted by Crippen LogP contribution is -2.39. The molecule has 2 fully saturated rings. The van der Waals surface area contributed by atoms with Crippen LogP contribution in [0.5, 0.6) is 0 Å². The van der Waals surface area contributed by atoms with E-state index in [-0.39, 0.29) is 23.5 Å². The minimum Gasteiger partial charge on any atom is -0.341 e. The second-order valence-electron chi connectivity index (χ2n) is 7.17. The van der Waals surface area contributed by atoms with Crippen molar-refractivity contribution < 1.29 is 14.0 Å². The van der Waals surface area contributed by atoms with Gasteiger partial charge >= 0.3 is 0 Å². The van der Waals surface area contributed by atoms with Gasteiger partial charge in [0.2, 0.25) is 11.8 Å². The number of carbonyl (C=O) groups is 2. The van der Waals surface area contributed by atoms with Gasteiger partial charge in [0.25, 0.3) is 0 Å². The third-order valence-corrected chi connectivity index (χ3v) is 5.38. The fourth-order valence-corrected chi connectivity index (χ4v) is 3.92. The first kappa shape index (κ1) is 17.9. The zero-order valence-corrected chi connectivity index (χ0v) is 14.8. The second kappa shape index (κ2) is 8.45. The Morgan fingerprint density at radius 2 is 1.72 bits per heavy atom. The molecular weight excluding hydrogens is 319 g/mol. The van der Waals surface area contributed by atoms with Crippen LogP contribution >= 0.6 is 0 Å². The molecule has 2 aliphatic rings. The summed E-state index contributed by atoms with van der Waals surface area (Å²) in [5.74, 6) is 0.321. The van der Waals surface area contributed by atoms with Crippen LogP contribution in [-0.4, -0.2) is 47.8 Å². The van der Waals surface area contributed by atoms with Gasteiger partial charge in [-0.15, -0.1) is 0 Å². The van der Waals surface area contributed by atoms with E-state index in [2.05, 4.69) is 0 Å². The Bertz CT molecular complexity index is 613. The van der Waals surface area contributed by atoms with E-state index in [1.807, 2.05) is 15.9 Å². The molecule has 0 radical (unpaired) electrons. The van der Waals surface area contributed by atoms with E-state index in [1.165, 1.54) is 12.1 Å². The summed E-state index contributed by atoms with van der Waals surface area (Å²) in [6, 6.07) is 6.42. The molecule has 0 aromatic heterocycles. The van der Waals surface area contributed by atoms with Gasteiger partial charge in [-0.2, -0.15) is 0 Å². The Labute approximate surface area is 149 Å². The fourth-order valence-electron chi connectivity index (χ4n) is 3.92. The van der Waals surface area contributed by atoms with Gasteiger partial charge in [0, 0.05) is 38.5 Å². The summed E-state index contributed by atoms with van der Waals surface area (Å²) in [6.07, 6.45) is 6.14. The Hall–Kier alpha value is -1.91. The summed E-state index contributed by atoms with van der Waals surface area (Å²) in [7, 11) is 0. The molecule has 2 amide bonds. The first-order chi connectivity index (χ1) is 12.1. The Kier molecular flexibility index (Phi) is 6.05. The smallest absolute Gasteiger partial charge is 0.225 e. The zero-order valence-electron chi connectivity index (χ0n) is 14.8. The van der Waals surface area contributed by atoms with Crippen molar-refractivity contribution in [1.82, 2.24) is 9.80 Å². The van der Waals surface area contributed by atoms with Crippen LogP contribution in [0, 0.1) is 11.7 Å². The summed E-state index contributed by atoms with van der Waals surface area (Å²) in [5, 5.41) is 0. The van der Waals surface area contributed by atoms with E-state index in [0.717, 1.165) is 44.2 Å². The zero-order chi connectivity index (χ0) is 17.6. The third kappa shape index (κ3) is 4.80. The molecule has 1 saturated carbocycles. The molecule has 5 heteroatoms. The van der Waals surface area contributed by atoms with Gasteiger partial charge < -0.3 is 9.80 Å². The molecule has 25 heavy (non-hydrogen) atoms. The van der Waals surface area contributed by atoms with Crippen molar-refractivity contribution in [3.63, 3.8) is 0 Å². The van der Waals surface area contributed by atoms with Gasteiger partial charge in [-0.05, 0) is 43.4 Å². The third-order valence-electron chi connectivity index (χ3n) is 5.38. The van der Waals surface area contributed by atoms with E-state index in [1.54, 1.807) is 6.07 Å². The predicted octanol–water partition coefficient (Wildman–Crippen LogP) is 3.01. The quantitative estimate of drug-likeness (QED) is 0.841. The normalized spacial score (nSPS) is 19.1. The highest BCUT2D eigenvalue weighted by Gasteiger charge is 2.29. The van der Waals surface area contributed by atoms with Crippen molar-refractivity contribution in [3.05, 3.63) is 35.6 Å². The largest absolute Gasteiger partial charge is 0.341 e. The van der Waals surface area contributed by atoms with E-state index in [9.17, 15) is 14.0 Å². The number of halogens is 1. The van der Waals surface area contributed by atoms with Gasteiger partial charge in [-0.25, -0.2) is 4.39 Å². The number of hydrogen-bond donors (Lipinski definition) is 0. The Morgan fingerprint density at radius 1 is 1.00 bits per heavy atom. The summed E-state index contributed by atoms with van der Waals surface area (Å²) in [6.45, 7) is 2.71. The topological polar surface area (TPSA) is 40.6 Å². The molecule has 0 N–H and O–H groups in total. The average Bonchev–Trinajstić information content (AvgIpc) is 3.03. The minimum atomic E-state index is -0.263. The van der Waals surface area contributed by atoms with E-state index >= 15 is 0 Å². The molecule has 1 heterocycles. The molecule has 1 aliphatic carbocycles. The molecule has 1 aliphatic heterocycles. The highest BCUT2D eigenvalue weighted by atomic mass is 19.1. The second-order valence-corrected chi connectivity index (χ2v) is 7.17. The van der Waals surface area contributed by atoms with Crippen molar-refractivity contribution in [2.75, 3.05) is 26.2 Å². The molecule has 0 atom stereocenters. The van der Waals surface area contributed by atoms with Crippen molar-refractivity contribution in [2.45, 2.75) is 44.9 Å². The lowest BCUT2D eigenvalue weighted by atomic mass is 10.1. The maximum atomic E-state index is 13.2. The number of benzene rings is 1. The molecule has 136 valence electrons. The fraction of sp³-hybridized carbons (Fsp3) is 0.600. The number of aryl methyl sites for hydroxylation is 1. The van der Waals surface area contributed by atoms with Crippen LogP contribution in [0.15, 0.2) is 24.3 Å². The highest BCUT2D eigenvalue weighted by molar-refractivity contribution is 5.79. The summed E-state index contributed by atoms with van der Waals surface area (Å²) in [4.78, 5) is 28.8. The lowest BCUT2D eigenvalue weighted by molar-refractivity contribution is -0.136. The van der Waals surface area contributed by atoms with E-state index in [4.69, 9.17) is 0 Å². The van der Waals surface area contributed by atoms with E-state index < -0.39 is 0 Å². The minimum absolute atomic E-state index is 0.0967. The molecule has 0 spiro atoms. The molecule has 1 aromatic rings. The van der Waals surface area contributed by atoms with Crippen molar-refractivity contribution in [2.24, 2.45) is 5.92 Å². The van der Waals surface area contributed by atoms with Crippen LogP contribution in [0.4, 0.5) is 4.39 Å². The predicted molar refractivity (Wildman–Crippen MR) is 94.5 cm³/mol. The number of hydrogen-bond acceptors (Lipinski definition) is 2. The van der Waals surface area contributed by atoms with Gasteiger partial charge in [0.05, 0.1) is 0 Å². The standard InChI is InChI=1S/C20H27FN2O2/c21-18-8-3-5-16(15-18)9-10-19(24)22-11-4-12-23(14-13-22)20(25)17-6-1-2-7-17/h3,5,8,15,17H,1-2,4,6-7,9-14H2. The summed E-state index contributed by atoms with van der Waals surface area (Å²) >= 11 is 0. The van der Waals surface area contributed by atoms with Gasteiger partial charge in [0.1, 0.15) is 5.82 Å². The van der Waals surface area contributed by atoms with Crippen LogP contribution in [0.1, 0.15) is 44.1 Å². The molecule has 3 rings (SSSR count). The highest BCUT2D eigenvalue weighted by Crippen LogP contribution is 2.27. The van der Waals surface area contributed by atoms with Gasteiger partial charge in [-0.1, -0.05) is 25.0 Å². The number of amides is 2. The van der Waals surface area contributed by atoms with Crippen molar-refractivity contribution >= 4 is 11.8 Å². The maximum Gasteiger partial charge on any atom is 0.225 e. The molecular formula is C20H27FN2O2. The van der Waals surface area contributed by atoms with Crippen molar-refractivity contribution in [3.8, 4) is 0 Å².